The molecule has 0 unspecified atom stereocenters. The summed E-state index contributed by atoms with van der Waals surface area (Å²) in [6.45, 7) is 0. The number of ether oxygens (including phenoxy) is 1. The third-order valence-electron chi connectivity index (χ3n) is 1.49. The van der Waals surface area contributed by atoms with Crippen molar-refractivity contribution in [2.24, 2.45) is 0 Å². The van der Waals surface area contributed by atoms with Crippen molar-refractivity contribution < 1.29 is 9.53 Å². The number of carbonyl (C=O) groups excluding carboxylic acids is 1. The largest absolute Gasteiger partial charge is 0.469 e. The van der Waals surface area contributed by atoms with Crippen molar-refractivity contribution in [3.8, 4) is 0 Å². The first-order valence-corrected chi connectivity index (χ1v) is 3.95. The van der Waals surface area contributed by atoms with Gasteiger partial charge in [0.2, 0.25) is 0 Å². The lowest BCUT2D eigenvalue weighted by Crippen LogP contribution is -2.09. The lowest BCUT2D eigenvalue weighted by Gasteiger charge is -1.99. The van der Waals surface area contributed by atoms with Gasteiger partial charge in [-0.1, -0.05) is 11.6 Å². The SMILES string of the molecule is COC(=O)Cc1c[nH]c(=O)c(Cl)c1. The van der Waals surface area contributed by atoms with E-state index in [1.165, 1.54) is 19.4 Å². The molecule has 0 aliphatic heterocycles. The molecule has 1 aromatic heterocycles. The van der Waals surface area contributed by atoms with E-state index in [0.29, 0.717) is 5.56 Å². The number of H-pyrrole nitrogens is 1. The molecule has 0 atom stereocenters. The minimum Gasteiger partial charge on any atom is -0.469 e. The van der Waals surface area contributed by atoms with E-state index in [1.807, 2.05) is 0 Å². The van der Waals surface area contributed by atoms with E-state index in [0.717, 1.165) is 0 Å². The third-order valence-corrected chi connectivity index (χ3v) is 1.77. The van der Waals surface area contributed by atoms with Crippen LogP contribution in [0.25, 0.3) is 0 Å². The quantitative estimate of drug-likeness (QED) is 0.719. The predicted octanol–water partition coefficient (Wildman–Crippen LogP) is 0.744. The molecule has 0 radical (unpaired) electrons. The number of pyridine rings is 1. The van der Waals surface area contributed by atoms with Gasteiger partial charge in [0, 0.05) is 6.20 Å². The van der Waals surface area contributed by atoms with Crippen molar-refractivity contribution in [3.63, 3.8) is 0 Å². The highest BCUT2D eigenvalue weighted by Crippen LogP contribution is 2.04. The maximum atomic E-state index is 10.8. The van der Waals surface area contributed by atoms with Crippen molar-refractivity contribution in [1.82, 2.24) is 4.98 Å². The number of rotatable bonds is 2. The molecular formula is C8H8ClNO3. The Morgan fingerprint density at radius 1 is 1.69 bits per heavy atom. The molecule has 0 aromatic carbocycles. The fourth-order valence-corrected chi connectivity index (χ4v) is 1.03. The van der Waals surface area contributed by atoms with Gasteiger partial charge in [-0.05, 0) is 11.6 Å². The Labute approximate surface area is 79.5 Å². The number of aromatic amines is 1. The Morgan fingerprint density at radius 3 is 2.92 bits per heavy atom. The van der Waals surface area contributed by atoms with Crippen LogP contribution in [0.1, 0.15) is 5.56 Å². The molecule has 0 fully saturated rings. The number of methoxy groups -OCH3 is 1. The van der Waals surface area contributed by atoms with E-state index < -0.39 is 0 Å². The van der Waals surface area contributed by atoms with Crippen LogP contribution in [0.2, 0.25) is 5.02 Å². The minimum absolute atomic E-state index is 0.0707. The molecule has 4 nitrogen and oxygen atoms in total. The van der Waals surface area contributed by atoms with E-state index in [9.17, 15) is 9.59 Å². The van der Waals surface area contributed by atoms with Crippen molar-refractivity contribution in [2.75, 3.05) is 7.11 Å². The summed E-state index contributed by atoms with van der Waals surface area (Å²) in [7, 11) is 1.30. The summed E-state index contributed by atoms with van der Waals surface area (Å²) >= 11 is 5.54. The number of nitrogens with one attached hydrogen (secondary N) is 1. The molecule has 1 rings (SSSR count). The highest BCUT2D eigenvalue weighted by atomic mass is 35.5. The summed E-state index contributed by atoms with van der Waals surface area (Å²) in [5, 5.41) is 0.0707. The van der Waals surface area contributed by atoms with Crippen LogP contribution in [0.4, 0.5) is 0 Å². The summed E-state index contributed by atoms with van der Waals surface area (Å²) in [5.74, 6) is -0.372. The summed E-state index contributed by atoms with van der Waals surface area (Å²) in [5.41, 5.74) is 0.256. The van der Waals surface area contributed by atoms with Crippen LogP contribution < -0.4 is 5.56 Å². The monoisotopic (exact) mass is 201 g/mol. The lowest BCUT2D eigenvalue weighted by atomic mass is 10.2. The lowest BCUT2D eigenvalue weighted by molar-refractivity contribution is -0.139. The van der Waals surface area contributed by atoms with Crippen molar-refractivity contribution >= 4 is 17.6 Å². The average molecular weight is 202 g/mol. The van der Waals surface area contributed by atoms with Gasteiger partial charge >= 0.3 is 5.97 Å². The van der Waals surface area contributed by atoms with Crippen molar-refractivity contribution in [1.29, 1.82) is 0 Å². The number of halogens is 1. The third kappa shape index (κ3) is 2.59. The first-order valence-electron chi connectivity index (χ1n) is 3.57. The Balaban J connectivity index is 2.86. The first-order chi connectivity index (χ1) is 6.13. The van der Waals surface area contributed by atoms with Gasteiger partial charge in [0.1, 0.15) is 5.02 Å². The summed E-state index contributed by atoms with van der Waals surface area (Å²) in [6.07, 6.45) is 1.54. The molecule has 0 saturated heterocycles. The van der Waals surface area contributed by atoms with Gasteiger partial charge in [0.15, 0.2) is 0 Å². The van der Waals surface area contributed by atoms with Crippen LogP contribution in [0.15, 0.2) is 17.1 Å². The van der Waals surface area contributed by atoms with E-state index in [4.69, 9.17) is 11.6 Å². The predicted molar refractivity (Wildman–Crippen MR) is 47.8 cm³/mol. The maximum Gasteiger partial charge on any atom is 0.310 e. The van der Waals surface area contributed by atoms with Crippen LogP contribution in [0.5, 0.6) is 0 Å². The van der Waals surface area contributed by atoms with Gasteiger partial charge in [-0.15, -0.1) is 0 Å². The van der Waals surface area contributed by atoms with Gasteiger partial charge in [0.25, 0.3) is 5.56 Å². The van der Waals surface area contributed by atoms with Crippen molar-refractivity contribution in [2.45, 2.75) is 6.42 Å². The second-order valence-electron chi connectivity index (χ2n) is 2.44. The average Bonchev–Trinajstić information content (AvgIpc) is 2.11. The normalized spacial score (nSPS) is 9.69. The molecule has 0 aliphatic carbocycles. The van der Waals surface area contributed by atoms with Crippen LogP contribution in [-0.2, 0) is 16.0 Å². The minimum atomic E-state index is -0.372. The zero-order chi connectivity index (χ0) is 9.84. The topological polar surface area (TPSA) is 59.2 Å². The maximum absolute atomic E-state index is 10.8. The standard InChI is InChI=1S/C8H8ClNO3/c1-13-7(11)3-5-2-6(9)8(12)10-4-5/h2,4H,3H2,1H3,(H,10,12). The number of carbonyl (C=O) groups is 1. The summed E-state index contributed by atoms with van der Waals surface area (Å²) in [6, 6.07) is 1.44. The number of esters is 1. The zero-order valence-electron chi connectivity index (χ0n) is 6.96. The Bertz CT molecular complexity index is 372. The molecule has 0 amide bonds. The van der Waals surface area contributed by atoms with Crippen LogP contribution >= 0.6 is 11.6 Å². The van der Waals surface area contributed by atoms with Gasteiger partial charge in [-0.2, -0.15) is 0 Å². The second kappa shape index (κ2) is 4.09. The summed E-state index contributed by atoms with van der Waals surface area (Å²) < 4.78 is 4.45. The second-order valence-corrected chi connectivity index (χ2v) is 2.85. The summed E-state index contributed by atoms with van der Waals surface area (Å²) in [4.78, 5) is 24.0. The van der Waals surface area contributed by atoms with E-state index in [1.54, 1.807) is 0 Å². The molecule has 0 spiro atoms. The highest BCUT2D eigenvalue weighted by molar-refractivity contribution is 6.30. The van der Waals surface area contributed by atoms with E-state index >= 15 is 0 Å². The Hall–Kier alpha value is -1.29. The highest BCUT2D eigenvalue weighted by Gasteiger charge is 2.04. The molecule has 0 aliphatic rings. The molecule has 1 heterocycles. The zero-order valence-corrected chi connectivity index (χ0v) is 7.72. The molecule has 1 N–H and O–H groups in total. The van der Waals surface area contributed by atoms with Gasteiger partial charge < -0.3 is 9.72 Å². The van der Waals surface area contributed by atoms with E-state index in [2.05, 4.69) is 9.72 Å². The molecule has 0 saturated carbocycles. The van der Waals surface area contributed by atoms with Crippen LogP contribution in [-0.4, -0.2) is 18.1 Å². The van der Waals surface area contributed by atoms with Crippen molar-refractivity contribution in [3.05, 3.63) is 33.2 Å². The molecule has 5 heteroatoms. The Kier molecular flexibility index (Phi) is 3.08. The molecule has 0 bridgehead atoms. The van der Waals surface area contributed by atoms with Crippen LogP contribution in [0.3, 0.4) is 0 Å². The van der Waals surface area contributed by atoms with Gasteiger partial charge in [-0.3, -0.25) is 9.59 Å². The number of aromatic nitrogens is 1. The smallest absolute Gasteiger partial charge is 0.310 e. The fraction of sp³-hybridized carbons (Fsp3) is 0.250. The van der Waals surface area contributed by atoms with Gasteiger partial charge in [0.05, 0.1) is 13.5 Å². The van der Waals surface area contributed by atoms with Crippen LogP contribution in [0, 0.1) is 0 Å². The van der Waals surface area contributed by atoms with Gasteiger partial charge in [-0.25, -0.2) is 0 Å². The molecule has 13 heavy (non-hydrogen) atoms. The molecule has 1 aromatic rings. The Morgan fingerprint density at radius 2 is 2.38 bits per heavy atom. The molecule has 70 valence electrons. The number of hydrogen-bond donors (Lipinski definition) is 1. The van der Waals surface area contributed by atoms with E-state index in [-0.39, 0.29) is 23.0 Å². The molecular weight excluding hydrogens is 194 g/mol. The fourth-order valence-electron chi connectivity index (χ4n) is 0.838. The first kappa shape index (κ1) is 9.80. The number of hydrogen-bond acceptors (Lipinski definition) is 3.